The molecule has 0 aliphatic heterocycles. The van der Waals surface area contributed by atoms with Gasteiger partial charge in [-0.05, 0) is 41.2 Å². The van der Waals surface area contributed by atoms with Crippen molar-refractivity contribution < 1.29 is 9.90 Å². The fraction of sp³-hybridized carbons (Fsp3) is 0.188. The molecule has 1 aliphatic carbocycles. The molecule has 0 saturated carbocycles. The fourth-order valence-electron chi connectivity index (χ4n) is 2.59. The number of carbonyl (C=O) groups excluding carboxylic acids is 1. The van der Waals surface area contributed by atoms with Gasteiger partial charge in [-0.2, -0.15) is 0 Å². The highest BCUT2D eigenvalue weighted by Crippen LogP contribution is 2.38. The first-order chi connectivity index (χ1) is 9.00. The largest absolute Gasteiger partial charge is 0.376 e. The van der Waals surface area contributed by atoms with Gasteiger partial charge in [-0.25, -0.2) is 0 Å². The van der Waals surface area contributed by atoms with E-state index >= 15 is 0 Å². The molecule has 1 amide bonds. The van der Waals surface area contributed by atoms with E-state index in [0.717, 1.165) is 12.0 Å². The number of fused-ring (bicyclic) bond motifs is 3. The Balaban J connectivity index is 2.10. The topological polar surface area (TPSA) is 63.3 Å². The van der Waals surface area contributed by atoms with Crippen molar-refractivity contribution in [2.45, 2.75) is 18.9 Å². The van der Waals surface area contributed by atoms with Crippen LogP contribution < -0.4 is 5.73 Å². The first-order valence-electron chi connectivity index (χ1n) is 6.24. The summed E-state index contributed by atoms with van der Waals surface area (Å²) < 4.78 is 0. The van der Waals surface area contributed by atoms with Gasteiger partial charge in [0.15, 0.2) is 5.60 Å². The van der Waals surface area contributed by atoms with Crippen molar-refractivity contribution in [3.05, 3.63) is 59.2 Å². The molecule has 1 unspecified atom stereocenters. The lowest BCUT2D eigenvalue weighted by Gasteiger charge is -2.20. The van der Waals surface area contributed by atoms with Crippen LogP contribution in [-0.4, -0.2) is 11.0 Å². The van der Waals surface area contributed by atoms with Gasteiger partial charge >= 0.3 is 0 Å². The number of amides is 1. The van der Waals surface area contributed by atoms with Crippen molar-refractivity contribution in [2.24, 2.45) is 5.73 Å². The van der Waals surface area contributed by atoms with Crippen molar-refractivity contribution >= 4 is 5.91 Å². The Kier molecular flexibility index (Phi) is 2.47. The van der Waals surface area contributed by atoms with E-state index in [1.807, 2.05) is 24.3 Å². The van der Waals surface area contributed by atoms with Crippen LogP contribution in [0, 0.1) is 0 Å². The van der Waals surface area contributed by atoms with Crippen LogP contribution in [0.1, 0.15) is 23.6 Å². The highest BCUT2D eigenvalue weighted by molar-refractivity contribution is 5.85. The molecule has 3 N–H and O–H groups in total. The zero-order valence-electron chi connectivity index (χ0n) is 10.7. The van der Waals surface area contributed by atoms with Crippen LogP contribution in [0.2, 0.25) is 0 Å². The van der Waals surface area contributed by atoms with E-state index in [9.17, 15) is 9.90 Å². The molecule has 0 heterocycles. The maximum absolute atomic E-state index is 11.3. The maximum Gasteiger partial charge on any atom is 0.253 e. The van der Waals surface area contributed by atoms with Crippen molar-refractivity contribution in [1.82, 2.24) is 0 Å². The third kappa shape index (κ3) is 1.74. The van der Waals surface area contributed by atoms with Crippen LogP contribution in [0.5, 0.6) is 0 Å². The number of hydrogen-bond donors (Lipinski definition) is 2. The number of carbonyl (C=O) groups is 1. The quantitative estimate of drug-likeness (QED) is 0.733. The number of aliphatic hydroxyl groups is 1. The molecule has 96 valence electrons. The fourth-order valence-corrected chi connectivity index (χ4v) is 2.59. The van der Waals surface area contributed by atoms with Crippen molar-refractivity contribution in [3.8, 4) is 11.1 Å². The third-order valence-corrected chi connectivity index (χ3v) is 3.84. The predicted octanol–water partition coefficient (Wildman–Crippen LogP) is 1.95. The lowest BCUT2D eigenvalue weighted by molar-refractivity contribution is -0.135. The lowest BCUT2D eigenvalue weighted by atomic mass is 9.92. The van der Waals surface area contributed by atoms with Crippen LogP contribution in [0.4, 0.5) is 0 Å². The predicted molar refractivity (Wildman–Crippen MR) is 73.4 cm³/mol. The second kappa shape index (κ2) is 3.93. The maximum atomic E-state index is 11.3. The Morgan fingerprint density at radius 3 is 2.58 bits per heavy atom. The normalized spacial score (nSPS) is 15.5. The number of rotatable bonds is 2. The highest BCUT2D eigenvalue weighted by Gasteiger charge is 2.31. The van der Waals surface area contributed by atoms with Gasteiger partial charge in [0.2, 0.25) is 0 Å². The standard InChI is InChI=1S/C16H15NO2/c1-16(19,15(17)18)12-6-7-14-11(9-12)8-10-4-2-3-5-13(10)14/h2-7,9,19H,8H2,1H3,(H2,17,18). The summed E-state index contributed by atoms with van der Waals surface area (Å²) in [5, 5.41) is 10.1. The van der Waals surface area contributed by atoms with Crippen LogP contribution in [0.15, 0.2) is 42.5 Å². The summed E-state index contributed by atoms with van der Waals surface area (Å²) in [5.74, 6) is -0.733. The molecule has 2 aromatic rings. The molecule has 1 aliphatic rings. The Morgan fingerprint density at radius 1 is 1.16 bits per heavy atom. The van der Waals surface area contributed by atoms with Crippen LogP contribution in [-0.2, 0) is 16.8 Å². The third-order valence-electron chi connectivity index (χ3n) is 3.84. The van der Waals surface area contributed by atoms with E-state index < -0.39 is 11.5 Å². The summed E-state index contributed by atoms with van der Waals surface area (Å²) in [6.45, 7) is 1.43. The molecular formula is C16H15NO2. The van der Waals surface area contributed by atoms with E-state index in [2.05, 4.69) is 12.1 Å². The zero-order chi connectivity index (χ0) is 13.6. The number of hydrogen-bond acceptors (Lipinski definition) is 2. The van der Waals surface area contributed by atoms with Gasteiger partial charge in [0.1, 0.15) is 0 Å². The minimum absolute atomic E-state index is 0.548. The number of nitrogens with two attached hydrogens (primary N) is 1. The van der Waals surface area contributed by atoms with Gasteiger partial charge in [0.05, 0.1) is 0 Å². The Hall–Kier alpha value is -2.13. The molecular weight excluding hydrogens is 238 g/mol. The molecule has 1 atom stereocenters. The van der Waals surface area contributed by atoms with E-state index in [1.54, 1.807) is 6.07 Å². The van der Waals surface area contributed by atoms with Gasteiger partial charge in [0.25, 0.3) is 5.91 Å². The van der Waals surface area contributed by atoms with E-state index in [1.165, 1.54) is 23.6 Å². The number of benzene rings is 2. The van der Waals surface area contributed by atoms with Crippen LogP contribution in [0.25, 0.3) is 11.1 Å². The first kappa shape index (κ1) is 11.9. The molecule has 0 aromatic heterocycles. The average molecular weight is 253 g/mol. The summed E-state index contributed by atoms with van der Waals surface area (Å²) >= 11 is 0. The molecule has 0 bridgehead atoms. The van der Waals surface area contributed by atoms with Crippen LogP contribution >= 0.6 is 0 Å². The number of primary amides is 1. The van der Waals surface area contributed by atoms with Gasteiger partial charge in [-0.3, -0.25) is 4.79 Å². The molecule has 3 heteroatoms. The van der Waals surface area contributed by atoms with Gasteiger partial charge in [0, 0.05) is 0 Å². The van der Waals surface area contributed by atoms with Gasteiger partial charge < -0.3 is 10.8 Å². The second-order valence-corrected chi connectivity index (χ2v) is 5.14. The minimum atomic E-state index is -1.62. The lowest BCUT2D eigenvalue weighted by Crippen LogP contribution is -2.38. The molecule has 0 saturated heterocycles. The molecule has 2 aromatic carbocycles. The Bertz CT molecular complexity index is 674. The summed E-state index contributed by atoms with van der Waals surface area (Å²) in [6.07, 6.45) is 0.828. The zero-order valence-corrected chi connectivity index (χ0v) is 10.7. The van der Waals surface area contributed by atoms with Gasteiger partial charge in [-0.1, -0.05) is 42.5 Å². The molecule has 3 nitrogen and oxygen atoms in total. The van der Waals surface area contributed by atoms with E-state index in [4.69, 9.17) is 5.73 Å². The Morgan fingerprint density at radius 2 is 1.84 bits per heavy atom. The first-order valence-corrected chi connectivity index (χ1v) is 6.24. The molecule has 0 radical (unpaired) electrons. The summed E-state index contributed by atoms with van der Waals surface area (Å²) in [6, 6.07) is 13.8. The van der Waals surface area contributed by atoms with Crippen LogP contribution in [0.3, 0.4) is 0 Å². The summed E-state index contributed by atoms with van der Waals surface area (Å²) in [4.78, 5) is 11.3. The highest BCUT2D eigenvalue weighted by atomic mass is 16.3. The summed E-state index contributed by atoms with van der Waals surface area (Å²) in [7, 11) is 0. The molecule has 0 fully saturated rings. The average Bonchev–Trinajstić information content (AvgIpc) is 2.75. The molecule has 0 spiro atoms. The smallest absolute Gasteiger partial charge is 0.253 e. The van der Waals surface area contributed by atoms with E-state index in [0.29, 0.717) is 5.56 Å². The molecule has 19 heavy (non-hydrogen) atoms. The molecule has 3 rings (SSSR count). The summed E-state index contributed by atoms with van der Waals surface area (Å²) in [5.41, 5.74) is 8.96. The SMILES string of the molecule is CC(O)(C(N)=O)c1ccc2c(c1)Cc1ccccc1-2. The van der Waals surface area contributed by atoms with Crippen molar-refractivity contribution in [3.63, 3.8) is 0 Å². The monoisotopic (exact) mass is 253 g/mol. The minimum Gasteiger partial charge on any atom is -0.376 e. The second-order valence-electron chi connectivity index (χ2n) is 5.14. The Labute approximate surface area is 111 Å². The van der Waals surface area contributed by atoms with Crippen molar-refractivity contribution in [2.75, 3.05) is 0 Å². The van der Waals surface area contributed by atoms with Crippen molar-refractivity contribution in [1.29, 1.82) is 0 Å². The van der Waals surface area contributed by atoms with Gasteiger partial charge in [-0.15, -0.1) is 0 Å². The van der Waals surface area contributed by atoms with E-state index in [-0.39, 0.29) is 0 Å².